The molecule has 0 spiro atoms. The van der Waals surface area contributed by atoms with Crippen LogP contribution in [0.4, 0.5) is 13.2 Å². The molecule has 0 bridgehead atoms. The third-order valence-corrected chi connectivity index (χ3v) is 4.83. The molecule has 2 unspecified atom stereocenters. The standard InChI is InChI=1S/C19H20F3NO/c1-3-13-11-12(2)17-15(9-10-23-17)16(13)18(24,19(20,21)22)14-7-5-4-6-8-14/h4-7,9-11,14,23-24H,3,8H2,1-2H3. The number of H-pyrrole nitrogens is 1. The monoisotopic (exact) mass is 335 g/mol. The van der Waals surface area contributed by atoms with Gasteiger partial charge in [0.1, 0.15) is 0 Å². The molecule has 2 nitrogen and oxygen atoms in total. The second-order valence-corrected chi connectivity index (χ2v) is 6.27. The molecule has 128 valence electrons. The highest BCUT2D eigenvalue weighted by Crippen LogP contribution is 2.50. The van der Waals surface area contributed by atoms with Gasteiger partial charge in [0.15, 0.2) is 5.60 Å². The SMILES string of the molecule is CCc1cc(C)c2[nH]ccc2c1C(O)(C1C=CC=CC1)C(F)(F)F. The summed E-state index contributed by atoms with van der Waals surface area (Å²) in [6, 6.07) is 3.36. The first-order chi connectivity index (χ1) is 11.3. The molecule has 0 saturated heterocycles. The molecule has 1 aliphatic carbocycles. The Morgan fingerprint density at radius 3 is 2.62 bits per heavy atom. The number of nitrogens with one attached hydrogen (secondary N) is 1. The van der Waals surface area contributed by atoms with Crippen LogP contribution >= 0.6 is 0 Å². The van der Waals surface area contributed by atoms with Crippen molar-refractivity contribution in [1.82, 2.24) is 4.98 Å². The van der Waals surface area contributed by atoms with Crippen LogP contribution in [0.5, 0.6) is 0 Å². The summed E-state index contributed by atoms with van der Waals surface area (Å²) in [5, 5.41) is 11.5. The first-order valence-corrected chi connectivity index (χ1v) is 8.03. The highest BCUT2D eigenvalue weighted by molar-refractivity contribution is 5.88. The van der Waals surface area contributed by atoms with Gasteiger partial charge in [0.05, 0.1) is 0 Å². The van der Waals surface area contributed by atoms with Crippen LogP contribution in [0.1, 0.15) is 30.0 Å². The largest absolute Gasteiger partial charge is 0.422 e. The van der Waals surface area contributed by atoms with Crippen LogP contribution in [0.15, 0.2) is 42.6 Å². The van der Waals surface area contributed by atoms with Crippen molar-refractivity contribution in [3.63, 3.8) is 0 Å². The number of aryl methyl sites for hydroxylation is 2. The molecule has 2 atom stereocenters. The van der Waals surface area contributed by atoms with E-state index < -0.39 is 17.7 Å². The lowest BCUT2D eigenvalue weighted by Gasteiger charge is -2.39. The molecule has 1 heterocycles. The Labute approximate surface area is 138 Å². The zero-order valence-electron chi connectivity index (χ0n) is 13.6. The molecular formula is C19H20F3NO. The van der Waals surface area contributed by atoms with Crippen LogP contribution in [-0.2, 0) is 12.0 Å². The third-order valence-electron chi connectivity index (χ3n) is 4.83. The lowest BCUT2D eigenvalue weighted by atomic mass is 9.73. The van der Waals surface area contributed by atoms with Gasteiger partial charge in [-0.2, -0.15) is 13.2 Å². The number of aromatic amines is 1. The maximum Gasteiger partial charge on any atom is 0.422 e. The van der Waals surface area contributed by atoms with Gasteiger partial charge < -0.3 is 10.1 Å². The molecule has 1 aromatic heterocycles. The zero-order chi connectivity index (χ0) is 17.5. The van der Waals surface area contributed by atoms with E-state index >= 15 is 0 Å². The van der Waals surface area contributed by atoms with Gasteiger partial charge in [-0.15, -0.1) is 0 Å². The molecule has 3 rings (SSSR count). The molecular weight excluding hydrogens is 315 g/mol. The number of aliphatic hydroxyl groups is 1. The van der Waals surface area contributed by atoms with E-state index in [2.05, 4.69) is 4.98 Å². The maximum atomic E-state index is 14.1. The molecule has 1 aliphatic rings. The number of alkyl halides is 3. The predicted octanol–water partition coefficient (Wildman–Crippen LogP) is 4.92. The molecule has 0 saturated carbocycles. The predicted molar refractivity (Wildman–Crippen MR) is 88.8 cm³/mol. The Kier molecular flexibility index (Phi) is 4.08. The van der Waals surface area contributed by atoms with Gasteiger partial charge in [-0.3, -0.25) is 0 Å². The molecule has 0 amide bonds. The minimum Gasteiger partial charge on any atom is -0.376 e. The van der Waals surface area contributed by atoms with Crippen LogP contribution in [0, 0.1) is 12.8 Å². The number of rotatable bonds is 3. The first-order valence-electron chi connectivity index (χ1n) is 8.03. The number of halogens is 3. The topological polar surface area (TPSA) is 36.0 Å². The van der Waals surface area contributed by atoms with E-state index in [0.717, 1.165) is 5.56 Å². The number of benzene rings is 1. The molecule has 5 heteroatoms. The van der Waals surface area contributed by atoms with Crippen LogP contribution < -0.4 is 0 Å². The van der Waals surface area contributed by atoms with Crippen molar-refractivity contribution in [2.45, 2.75) is 38.5 Å². The van der Waals surface area contributed by atoms with Crippen molar-refractivity contribution in [2.75, 3.05) is 0 Å². The summed E-state index contributed by atoms with van der Waals surface area (Å²) in [5.74, 6) is -1.05. The number of fused-ring (bicyclic) bond motifs is 1. The number of hydrogen-bond acceptors (Lipinski definition) is 1. The normalized spacial score (nSPS) is 20.5. The van der Waals surface area contributed by atoms with E-state index in [1.54, 1.807) is 36.6 Å². The molecule has 0 radical (unpaired) electrons. The molecule has 24 heavy (non-hydrogen) atoms. The van der Waals surface area contributed by atoms with E-state index in [-0.39, 0.29) is 12.0 Å². The smallest absolute Gasteiger partial charge is 0.376 e. The summed E-state index contributed by atoms with van der Waals surface area (Å²) < 4.78 is 42.3. The average molecular weight is 335 g/mol. The summed E-state index contributed by atoms with van der Waals surface area (Å²) in [5.41, 5.74) is -0.903. The van der Waals surface area contributed by atoms with E-state index in [4.69, 9.17) is 0 Å². The lowest BCUT2D eigenvalue weighted by Crippen LogP contribution is -2.49. The number of aromatic nitrogens is 1. The Hall–Kier alpha value is -2.01. The Morgan fingerprint density at radius 1 is 1.29 bits per heavy atom. The van der Waals surface area contributed by atoms with Crippen molar-refractivity contribution in [1.29, 1.82) is 0 Å². The molecule has 1 aromatic carbocycles. The number of allylic oxidation sites excluding steroid dienone is 3. The maximum absolute atomic E-state index is 14.1. The Balaban J connectivity index is 2.35. The Bertz CT molecular complexity index is 816. The van der Waals surface area contributed by atoms with Crippen molar-refractivity contribution in [3.05, 3.63) is 59.3 Å². The highest BCUT2D eigenvalue weighted by atomic mass is 19.4. The van der Waals surface area contributed by atoms with Gasteiger partial charge in [-0.1, -0.05) is 37.3 Å². The quantitative estimate of drug-likeness (QED) is 0.820. The minimum atomic E-state index is -4.78. The van der Waals surface area contributed by atoms with Crippen LogP contribution in [0.25, 0.3) is 10.9 Å². The second-order valence-electron chi connectivity index (χ2n) is 6.27. The zero-order valence-corrected chi connectivity index (χ0v) is 13.6. The van der Waals surface area contributed by atoms with Gasteiger partial charge in [0.25, 0.3) is 0 Å². The fourth-order valence-corrected chi connectivity index (χ4v) is 3.64. The van der Waals surface area contributed by atoms with E-state index in [1.807, 2.05) is 13.8 Å². The van der Waals surface area contributed by atoms with Gasteiger partial charge in [-0.25, -0.2) is 0 Å². The van der Waals surface area contributed by atoms with Crippen molar-refractivity contribution in [3.8, 4) is 0 Å². The molecule has 2 N–H and O–H groups in total. The average Bonchev–Trinajstić information content (AvgIpc) is 3.03. The minimum absolute atomic E-state index is 0.0238. The van der Waals surface area contributed by atoms with Crippen LogP contribution in [-0.4, -0.2) is 16.3 Å². The fraction of sp³-hybridized carbons (Fsp3) is 0.368. The van der Waals surface area contributed by atoms with Gasteiger partial charge >= 0.3 is 6.18 Å². The Morgan fingerprint density at radius 2 is 2.04 bits per heavy atom. The fourth-order valence-electron chi connectivity index (χ4n) is 3.64. The summed E-state index contributed by atoms with van der Waals surface area (Å²) >= 11 is 0. The second kappa shape index (κ2) is 5.81. The van der Waals surface area contributed by atoms with Crippen LogP contribution in [0.2, 0.25) is 0 Å². The lowest BCUT2D eigenvalue weighted by molar-refractivity contribution is -0.280. The van der Waals surface area contributed by atoms with E-state index in [9.17, 15) is 18.3 Å². The van der Waals surface area contributed by atoms with Crippen molar-refractivity contribution in [2.24, 2.45) is 5.92 Å². The highest BCUT2D eigenvalue weighted by Gasteiger charge is 2.60. The van der Waals surface area contributed by atoms with Gasteiger partial charge in [-0.05, 0) is 37.0 Å². The third kappa shape index (κ3) is 2.38. The molecule has 0 fully saturated rings. The van der Waals surface area contributed by atoms with Crippen molar-refractivity contribution >= 4 is 10.9 Å². The number of hydrogen-bond donors (Lipinski definition) is 2. The van der Waals surface area contributed by atoms with E-state index in [1.165, 1.54) is 6.08 Å². The summed E-state index contributed by atoms with van der Waals surface area (Å²) in [7, 11) is 0. The summed E-state index contributed by atoms with van der Waals surface area (Å²) in [6.45, 7) is 3.67. The van der Waals surface area contributed by atoms with Gasteiger partial charge in [0.2, 0.25) is 0 Å². The van der Waals surface area contributed by atoms with E-state index in [0.29, 0.717) is 22.9 Å². The summed E-state index contributed by atoms with van der Waals surface area (Å²) in [4.78, 5) is 3.00. The summed E-state index contributed by atoms with van der Waals surface area (Å²) in [6.07, 6.45) is 3.79. The van der Waals surface area contributed by atoms with Gasteiger partial charge in [0, 0.05) is 28.6 Å². The van der Waals surface area contributed by atoms with Crippen molar-refractivity contribution < 1.29 is 18.3 Å². The first kappa shape index (κ1) is 16.8. The van der Waals surface area contributed by atoms with Crippen LogP contribution in [0.3, 0.4) is 0 Å². The molecule has 2 aromatic rings. The molecule has 0 aliphatic heterocycles.